The third-order valence-electron chi connectivity index (χ3n) is 3.50. The third kappa shape index (κ3) is 5.42. The van der Waals surface area contributed by atoms with E-state index in [0.29, 0.717) is 13.1 Å². The van der Waals surface area contributed by atoms with Crippen LogP contribution in [-0.4, -0.2) is 41.5 Å². The van der Waals surface area contributed by atoms with Crippen LogP contribution in [0.5, 0.6) is 0 Å². The molecule has 6 nitrogen and oxygen atoms in total. The highest BCUT2D eigenvalue weighted by molar-refractivity contribution is 7.92. The van der Waals surface area contributed by atoms with E-state index in [0.717, 1.165) is 17.0 Å². The predicted octanol–water partition coefficient (Wildman–Crippen LogP) is 1.15. The topological polar surface area (TPSA) is 79.7 Å². The predicted molar refractivity (Wildman–Crippen MR) is 98.7 cm³/mol. The number of rotatable bonds is 7. The fourth-order valence-corrected chi connectivity index (χ4v) is 3.39. The van der Waals surface area contributed by atoms with Crippen LogP contribution < -0.4 is 14.9 Å². The van der Waals surface area contributed by atoms with Crippen LogP contribution in [-0.2, 0) is 10.0 Å². The lowest BCUT2D eigenvalue weighted by Gasteiger charge is -2.12. The molecule has 2 rings (SSSR count). The van der Waals surface area contributed by atoms with Crippen LogP contribution >= 0.6 is 11.6 Å². The minimum atomic E-state index is -3.95. The Morgan fingerprint density at radius 1 is 1.15 bits per heavy atom. The van der Waals surface area contributed by atoms with Gasteiger partial charge in [-0.25, -0.2) is 12.8 Å². The number of benzene rings is 2. The minimum absolute atomic E-state index is 0.0717. The zero-order valence-electron chi connectivity index (χ0n) is 14.3. The highest BCUT2D eigenvalue weighted by atomic mass is 35.5. The maximum Gasteiger partial charge on any atom is 0.261 e. The van der Waals surface area contributed by atoms with E-state index < -0.39 is 21.7 Å². The average Bonchev–Trinajstić information content (AvgIpc) is 2.56. The van der Waals surface area contributed by atoms with Crippen LogP contribution in [0.4, 0.5) is 10.1 Å². The van der Waals surface area contributed by atoms with Crippen molar-refractivity contribution < 1.29 is 22.5 Å². The highest BCUT2D eigenvalue weighted by Crippen LogP contribution is 2.22. The fourth-order valence-electron chi connectivity index (χ4n) is 2.10. The Balaban J connectivity index is 2.21. The molecule has 2 aromatic carbocycles. The number of nitrogens with one attached hydrogen (secondary N) is 3. The van der Waals surface area contributed by atoms with E-state index >= 15 is 0 Å². The number of hydrogen-bond acceptors (Lipinski definition) is 3. The second kappa shape index (κ2) is 8.48. The third-order valence-corrected chi connectivity index (χ3v) is 5.21. The monoisotopic (exact) mass is 400 g/mol. The lowest BCUT2D eigenvalue weighted by molar-refractivity contribution is -0.856. The molecule has 0 unspecified atom stereocenters. The van der Waals surface area contributed by atoms with Crippen molar-refractivity contribution in [2.45, 2.75) is 4.90 Å². The van der Waals surface area contributed by atoms with Crippen molar-refractivity contribution in [1.29, 1.82) is 0 Å². The molecule has 0 heterocycles. The second-order valence-corrected chi connectivity index (χ2v) is 8.06. The van der Waals surface area contributed by atoms with Gasteiger partial charge in [-0.2, -0.15) is 0 Å². The van der Waals surface area contributed by atoms with Crippen LogP contribution in [0.2, 0.25) is 5.02 Å². The Bertz CT molecular complexity index is 887. The molecule has 9 heteroatoms. The molecule has 0 saturated heterocycles. The summed E-state index contributed by atoms with van der Waals surface area (Å²) in [4.78, 5) is 13.3. The average molecular weight is 401 g/mol. The summed E-state index contributed by atoms with van der Waals surface area (Å²) in [5, 5.41) is 2.86. The molecule has 3 N–H and O–H groups in total. The van der Waals surface area contributed by atoms with Gasteiger partial charge in [0.1, 0.15) is 5.82 Å². The van der Waals surface area contributed by atoms with Crippen LogP contribution in [0.3, 0.4) is 0 Å². The van der Waals surface area contributed by atoms with Crippen molar-refractivity contribution in [3.05, 3.63) is 58.9 Å². The number of hydrogen-bond donors (Lipinski definition) is 3. The number of quaternary nitrogens is 1. The summed E-state index contributed by atoms with van der Waals surface area (Å²) in [6.45, 7) is 1.15. The molecule has 0 radical (unpaired) electrons. The first kappa shape index (κ1) is 20.2. The minimum Gasteiger partial charge on any atom is -0.346 e. The van der Waals surface area contributed by atoms with Crippen molar-refractivity contribution in [2.75, 3.05) is 31.9 Å². The van der Waals surface area contributed by atoms with Gasteiger partial charge in [0.25, 0.3) is 15.9 Å². The Labute approximate surface area is 157 Å². The standard InChI is InChI=1S/C17H19ClFN3O3S/c1-22(2)10-9-20-17(23)15-11-14(7-8-16(15)18)26(24,25)21-13-5-3-12(19)4-6-13/h3-8,11,21H,9-10H2,1-2H3,(H,20,23)/p+1. The van der Waals surface area contributed by atoms with Crippen molar-refractivity contribution in [3.8, 4) is 0 Å². The molecular weight excluding hydrogens is 381 g/mol. The Morgan fingerprint density at radius 2 is 1.81 bits per heavy atom. The number of carbonyl (C=O) groups is 1. The van der Waals surface area contributed by atoms with Gasteiger partial charge in [0.15, 0.2) is 0 Å². The van der Waals surface area contributed by atoms with E-state index in [2.05, 4.69) is 10.0 Å². The Hall–Kier alpha value is -2.16. The molecule has 140 valence electrons. The molecule has 0 aliphatic rings. The molecule has 1 amide bonds. The first-order valence-electron chi connectivity index (χ1n) is 7.84. The summed E-state index contributed by atoms with van der Waals surface area (Å²) < 4.78 is 40.3. The Kier molecular flexibility index (Phi) is 6.57. The maximum absolute atomic E-state index is 12.9. The lowest BCUT2D eigenvalue weighted by atomic mass is 10.2. The smallest absolute Gasteiger partial charge is 0.261 e. The molecule has 0 aliphatic carbocycles. The first-order valence-corrected chi connectivity index (χ1v) is 9.70. The normalized spacial score (nSPS) is 11.4. The summed E-state index contributed by atoms with van der Waals surface area (Å²) in [5.41, 5.74) is 0.281. The fraction of sp³-hybridized carbons (Fsp3) is 0.235. The number of sulfonamides is 1. The maximum atomic E-state index is 12.9. The number of anilines is 1. The number of halogens is 2. The van der Waals surface area contributed by atoms with Crippen molar-refractivity contribution in [3.63, 3.8) is 0 Å². The van der Waals surface area contributed by atoms with Gasteiger partial charge in [-0.05, 0) is 42.5 Å². The molecule has 0 spiro atoms. The van der Waals surface area contributed by atoms with E-state index in [-0.39, 0.29) is 21.2 Å². The molecule has 0 saturated carbocycles. The van der Waals surface area contributed by atoms with Gasteiger partial charge >= 0.3 is 0 Å². The van der Waals surface area contributed by atoms with Crippen LogP contribution in [0.25, 0.3) is 0 Å². The van der Waals surface area contributed by atoms with Crippen LogP contribution in [0.1, 0.15) is 10.4 Å². The van der Waals surface area contributed by atoms with Gasteiger partial charge in [-0.1, -0.05) is 11.6 Å². The van der Waals surface area contributed by atoms with Gasteiger partial charge in [0.2, 0.25) is 0 Å². The zero-order chi connectivity index (χ0) is 19.3. The number of carbonyl (C=O) groups excluding carboxylic acids is 1. The van der Waals surface area contributed by atoms with Crippen LogP contribution in [0.15, 0.2) is 47.4 Å². The first-order chi connectivity index (χ1) is 12.2. The highest BCUT2D eigenvalue weighted by Gasteiger charge is 2.19. The molecular formula is C17H20ClFN3O3S+. The van der Waals surface area contributed by atoms with Gasteiger partial charge < -0.3 is 10.2 Å². The van der Waals surface area contributed by atoms with Gasteiger partial charge in [0.05, 0.1) is 42.7 Å². The molecule has 0 aliphatic heterocycles. The quantitative estimate of drug-likeness (QED) is 0.652. The summed E-state index contributed by atoms with van der Waals surface area (Å²) >= 11 is 6.04. The molecule has 0 aromatic heterocycles. The van der Waals surface area contributed by atoms with E-state index in [1.807, 2.05) is 14.1 Å². The van der Waals surface area contributed by atoms with E-state index in [4.69, 9.17) is 11.6 Å². The molecule has 2 aromatic rings. The molecule has 26 heavy (non-hydrogen) atoms. The van der Waals surface area contributed by atoms with Crippen molar-refractivity contribution in [2.24, 2.45) is 0 Å². The van der Waals surface area contributed by atoms with Crippen molar-refractivity contribution >= 4 is 33.2 Å². The van der Waals surface area contributed by atoms with Gasteiger partial charge in [0, 0.05) is 5.69 Å². The van der Waals surface area contributed by atoms with Gasteiger partial charge in [-0.15, -0.1) is 0 Å². The summed E-state index contributed by atoms with van der Waals surface area (Å²) in [7, 11) is -0.0444. The van der Waals surface area contributed by atoms with E-state index in [1.54, 1.807) is 0 Å². The molecule has 0 bridgehead atoms. The summed E-state index contributed by atoms with van der Waals surface area (Å²) in [5.74, 6) is -0.923. The SMILES string of the molecule is C[NH+](C)CCNC(=O)c1cc(S(=O)(=O)Nc2ccc(F)cc2)ccc1Cl. The second-order valence-electron chi connectivity index (χ2n) is 5.97. The largest absolute Gasteiger partial charge is 0.346 e. The van der Waals surface area contributed by atoms with E-state index in [1.165, 1.54) is 30.3 Å². The molecule has 0 atom stereocenters. The Morgan fingerprint density at radius 3 is 2.42 bits per heavy atom. The zero-order valence-corrected chi connectivity index (χ0v) is 15.9. The van der Waals surface area contributed by atoms with Gasteiger partial charge in [-0.3, -0.25) is 9.52 Å². The summed E-state index contributed by atoms with van der Waals surface area (Å²) in [6, 6.07) is 8.77. The number of likely N-dealkylation sites (N-methyl/N-ethyl adjacent to an activating group) is 1. The number of amides is 1. The summed E-state index contributed by atoms with van der Waals surface area (Å²) in [6.07, 6.45) is 0. The molecule has 0 fully saturated rings. The van der Waals surface area contributed by atoms with E-state index in [9.17, 15) is 17.6 Å². The van der Waals surface area contributed by atoms with Crippen molar-refractivity contribution in [1.82, 2.24) is 5.32 Å². The van der Waals surface area contributed by atoms with Crippen LogP contribution in [0, 0.1) is 5.82 Å². The lowest BCUT2D eigenvalue weighted by Crippen LogP contribution is -3.06.